The SMILES string of the molecule is C=CCc1ccccc1OCC(=O)NN=Cc1cc(Br)ccc1OC(=O)c1ccccc1C. The van der Waals surface area contributed by atoms with Crippen molar-refractivity contribution in [2.24, 2.45) is 5.10 Å². The van der Waals surface area contributed by atoms with E-state index in [2.05, 4.69) is 33.0 Å². The van der Waals surface area contributed by atoms with Crippen LogP contribution in [-0.4, -0.2) is 24.7 Å². The van der Waals surface area contributed by atoms with Crippen LogP contribution < -0.4 is 14.9 Å². The van der Waals surface area contributed by atoms with Gasteiger partial charge in [0.1, 0.15) is 11.5 Å². The summed E-state index contributed by atoms with van der Waals surface area (Å²) in [7, 11) is 0. The number of hydrazone groups is 1. The quantitative estimate of drug-likeness (QED) is 0.141. The van der Waals surface area contributed by atoms with Crippen molar-refractivity contribution >= 4 is 34.0 Å². The van der Waals surface area contributed by atoms with Gasteiger partial charge in [-0.15, -0.1) is 6.58 Å². The molecule has 0 aliphatic rings. The molecule has 168 valence electrons. The molecule has 1 amide bonds. The van der Waals surface area contributed by atoms with Gasteiger partial charge in [0, 0.05) is 10.0 Å². The molecule has 0 saturated heterocycles. The number of benzene rings is 3. The molecule has 6 nitrogen and oxygen atoms in total. The van der Waals surface area contributed by atoms with Gasteiger partial charge in [-0.05, 0) is 54.8 Å². The lowest BCUT2D eigenvalue weighted by molar-refractivity contribution is -0.123. The number of allylic oxidation sites excluding steroid dienone is 1. The predicted molar refractivity (Wildman–Crippen MR) is 132 cm³/mol. The Balaban J connectivity index is 1.63. The molecular weight excluding hydrogens is 484 g/mol. The summed E-state index contributed by atoms with van der Waals surface area (Å²) in [5.74, 6) is 0.0433. The van der Waals surface area contributed by atoms with Crippen LogP contribution >= 0.6 is 15.9 Å². The van der Waals surface area contributed by atoms with Crippen LogP contribution in [0.4, 0.5) is 0 Å². The van der Waals surface area contributed by atoms with Gasteiger partial charge < -0.3 is 9.47 Å². The van der Waals surface area contributed by atoms with E-state index >= 15 is 0 Å². The topological polar surface area (TPSA) is 77.0 Å². The Morgan fingerprint density at radius 1 is 1.06 bits per heavy atom. The molecule has 0 bridgehead atoms. The second-order valence-electron chi connectivity index (χ2n) is 7.07. The largest absolute Gasteiger partial charge is 0.483 e. The summed E-state index contributed by atoms with van der Waals surface area (Å²) in [6.45, 7) is 5.37. The Morgan fingerprint density at radius 2 is 1.82 bits per heavy atom. The van der Waals surface area contributed by atoms with E-state index in [4.69, 9.17) is 9.47 Å². The van der Waals surface area contributed by atoms with E-state index in [1.807, 2.05) is 37.3 Å². The summed E-state index contributed by atoms with van der Waals surface area (Å²) in [4.78, 5) is 24.7. The van der Waals surface area contributed by atoms with Crippen molar-refractivity contribution in [3.63, 3.8) is 0 Å². The molecule has 0 aromatic heterocycles. The van der Waals surface area contributed by atoms with E-state index in [1.54, 1.807) is 42.5 Å². The predicted octanol–water partition coefficient (Wildman–Crippen LogP) is 5.23. The molecule has 3 rings (SSSR count). The average Bonchev–Trinajstić information content (AvgIpc) is 2.80. The molecular formula is C26H23BrN2O4. The second-order valence-corrected chi connectivity index (χ2v) is 7.98. The van der Waals surface area contributed by atoms with Gasteiger partial charge in [-0.3, -0.25) is 4.79 Å². The van der Waals surface area contributed by atoms with Crippen molar-refractivity contribution in [3.05, 3.63) is 106 Å². The summed E-state index contributed by atoms with van der Waals surface area (Å²) in [5.41, 5.74) is 5.18. The first-order valence-corrected chi connectivity index (χ1v) is 11.0. The molecule has 3 aromatic rings. The Labute approximate surface area is 201 Å². The molecule has 0 radical (unpaired) electrons. The van der Waals surface area contributed by atoms with E-state index < -0.39 is 11.9 Å². The maximum Gasteiger partial charge on any atom is 0.343 e. The fraction of sp³-hybridized carbons (Fsp3) is 0.115. The molecule has 3 aromatic carbocycles. The number of nitrogens with zero attached hydrogens (tertiary/aromatic N) is 1. The highest BCUT2D eigenvalue weighted by atomic mass is 79.9. The smallest absolute Gasteiger partial charge is 0.343 e. The molecule has 0 atom stereocenters. The summed E-state index contributed by atoms with van der Waals surface area (Å²) < 4.78 is 11.9. The highest BCUT2D eigenvalue weighted by Crippen LogP contribution is 2.23. The maximum absolute atomic E-state index is 12.6. The number of ether oxygens (including phenoxy) is 2. The third kappa shape index (κ3) is 6.89. The van der Waals surface area contributed by atoms with Gasteiger partial charge in [-0.2, -0.15) is 5.10 Å². The summed E-state index contributed by atoms with van der Waals surface area (Å²) in [5, 5.41) is 3.98. The van der Waals surface area contributed by atoms with Crippen LogP contribution in [0, 0.1) is 6.92 Å². The zero-order valence-electron chi connectivity index (χ0n) is 18.1. The molecule has 0 fully saturated rings. The molecule has 0 aliphatic heterocycles. The van der Waals surface area contributed by atoms with Crippen molar-refractivity contribution in [1.29, 1.82) is 0 Å². The summed E-state index contributed by atoms with van der Waals surface area (Å²) in [6, 6.07) is 19.8. The summed E-state index contributed by atoms with van der Waals surface area (Å²) >= 11 is 3.39. The lowest BCUT2D eigenvalue weighted by Gasteiger charge is -2.10. The number of rotatable bonds is 9. The molecule has 0 unspecified atom stereocenters. The number of amides is 1. The highest BCUT2D eigenvalue weighted by Gasteiger charge is 2.13. The van der Waals surface area contributed by atoms with Crippen LogP contribution in [0.2, 0.25) is 0 Å². The fourth-order valence-corrected chi connectivity index (χ4v) is 3.37. The van der Waals surface area contributed by atoms with Crippen LogP contribution in [0.3, 0.4) is 0 Å². The van der Waals surface area contributed by atoms with Gasteiger partial charge in [0.05, 0.1) is 11.8 Å². The normalized spacial score (nSPS) is 10.6. The molecule has 33 heavy (non-hydrogen) atoms. The minimum absolute atomic E-state index is 0.195. The van der Waals surface area contributed by atoms with Crippen molar-refractivity contribution in [2.45, 2.75) is 13.3 Å². The number of hydrogen-bond donors (Lipinski definition) is 1. The van der Waals surface area contributed by atoms with Crippen LogP contribution in [0.15, 0.2) is 89.0 Å². The van der Waals surface area contributed by atoms with Crippen molar-refractivity contribution in [1.82, 2.24) is 5.43 Å². The number of para-hydroxylation sites is 1. The van der Waals surface area contributed by atoms with Gasteiger partial charge in [0.15, 0.2) is 6.61 Å². The Hall–Kier alpha value is -3.71. The van der Waals surface area contributed by atoms with Crippen molar-refractivity contribution in [3.8, 4) is 11.5 Å². The third-order valence-corrected chi connectivity index (χ3v) is 5.12. The minimum atomic E-state index is -0.472. The number of carbonyl (C=O) groups excluding carboxylic acids is 2. The standard InChI is InChI=1S/C26H23BrN2O4/c1-3-8-19-10-5-7-12-23(19)32-17-25(30)29-28-16-20-15-21(27)13-14-24(20)33-26(31)22-11-6-4-9-18(22)2/h3-7,9-16H,1,8,17H2,2H3,(H,29,30). The third-order valence-electron chi connectivity index (χ3n) is 4.63. The van der Waals surface area contributed by atoms with Crippen LogP contribution in [-0.2, 0) is 11.2 Å². The van der Waals surface area contributed by atoms with Crippen molar-refractivity contribution < 1.29 is 19.1 Å². The highest BCUT2D eigenvalue weighted by molar-refractivity contribution is 9.10. The van der Waals surface area contributed by atoms with E-state index in [9.17, 15) is 9.59 Å². The van der Waals surface area contributed by atoms with Gasteiger partial charge >= 0.3 is 5.97 Å². The van der Waals surface area contributed by atoms with Gasteiger partial charge in [-0.1, -0.05) is 58.4 Å². The number of aryl methyl sites for hydroxylation is 1. The molecule has 0 heterocycles. The van der Waals surface area contributed by atoms with E-state index in [-0.39, 0.29) is 6.61 Å². The molecule has 0 spiro atoms. The van der Waals surface area contributed by atoms with Gasteiger partial charge in [0.2, 0.25) is 0 Å². The molecule has 1 N–H and O–H groups in total. The number of nitrogens with one attached hydrogen (secondary N) is 1. The number of hydrogen-bond acceptors (Lipinski definition) is 5. The zero-order chi connectivity index (χ0) is 23.6. The Kier molecular flexibility index (Phi) is 8.55. The first kappa shape index (κ1) is 23.9. The number of halogens is 1. The van der Waals surface area contributed by atoms with Crippen molar-refractivity contribution in [2.75, 3.05) is 6.61 Å². The maximum atomic E-state index is 12.6. The summed E-state index contributed by atoms with van der Waals surface area (Å²) in [6.07, 6.45) is 3.83. The minimum Gasteiger partial charge on any atom is -0.483 e. The lowest BCUT2D eigenvalue weighted by atomic mass is 10.1. The van der Waals surface area contributed by atoms with E-state index in [0.717, 1.165) is 15.6 Å². The van der Waals surface area contributed by atoms with E-state index in [0.29, 0.717) is 29.0 Å². The zero-order valence-corrected chi connectivity index (χ0v) is 19.7. The van der Waals surface area contributed by atoms with Crippen LogP contribution in [0.1, 0.15) is 27.0 Å². The fourth-order valence-electron chi connectivity index (χ4n) is 2.99. The Morgan fingerprint density at radius 3 is 2.61 bits per heavy atom. The van der Waals surface area contributed by atoms with Crippen LogP contribution in [0.25, 0.3) is 0 Å². The monoisotopic (exact) mass is 506 g/mol. The van der Waals surface area contributed by atoms with E-state index in [1.165, 1.54) is 6.21 Å². The van der Waals surface area contributed by atoms with Gasteiger partial charge in [0.25, 0.3) is 5.91 Å². The molecule has 0 aliphatic carbocycles. The first-order chi connectivity index (χ1) is 16.0. The average molecular weight is 507 g/mol. The lowest BCUT2D eigenvalue weighted by Crippen LogP contribution is -2.24. The number of esters is 1. The second kappa shape index (κ2) is 11.8. The van der Waals surface area contributed by atoms with Gasteiger partial charge in [-0.25, -0.2) is 10.2 Å². The number of carbonyl (C=O) groups is 2. The Bertz CT molecular complexity index is 1190. The first-order valence-electron chi connectivity index (χ1n) is 10.2. The molecule has 0 saturated carbocycles. The molecule has 7 heteroatoms. The van der Waals surface area contributed by atoms with Crippen LogP contribution in [0.5, 0.6) is 11.5 Å².